The Morgan fingerprint density at radius 1 is 1.23 bits per heavy atom. The van der Waals surface area contributed by atoms with Crippen LogP contribution in [0.5, 0.6) is 11.5 Å². The number of amides is 1. The minimum atomic E-state index is -0.758. The van der Waals surface area contributed by atoms with Crippen LogP contribution in [0.3, 0.4) is 0 Å². The van der Waals surface area contributed by atoms with Crippen molar-refractivity contribution in [2.24, 2.45) is 0 Å². The molecule has 2 aromatic rings. The summed E-state index contributed by atoms with van der Waals surface area (Å²) < 4.78 is 16.2. The number of ether oxygens (including phenoxy) is 3. The fourth-order valence-electron chi connectivity index (χ4n) is 4.10. The van der Waals surface area contributed by atoms with Gasteiger partial charge in [0.2, 0.25) is 0 Å². The van der Waals surface area contributed by atoms with Crippen LogP contribution in [0.2, 0.25) is 0 Å². The number of likely N-dealkylation sites (tertiary alicyclic amines) is 1. The van der Waals surface area contributed by atoms with Crippen molar-refractivity contribution in [1.29, 1.82) is 0 Å². The first-order valence-electron chi connectivity index (χ1n) is 10.1. The second-order valence-electron chi connectivity index (χ2n) is 7.44. The van der Waals surface area contributed by atoms with E-state index in [4.69, 9.17) is 14.2 Å². The molecule has 2 aliphatic heterocycles. The first-order chi connectivity index (χ1) is 15.0. The molecule has 2 unspecified atom stereocenters. The highest BCUT2D eigenvalue weighted by Crippen LogP contribution is 2.41. The van der Waals surface area contributed by atoms with Crippen molar-refractivity contribution >= 4 is 17.4 Å². The van der Waals surface area contributed by atoms with E-state index in [0.717, 1.165) is 12.8 Å². The van der Waals surface area contributed by atoms with Crippen LogP contribution in [0, 0.1) is 0 Å². The first kappa shape index (κ1) is 20.9. The molecule has 1 aromatic heterocycles. The second kappa shape index (κ2) is 8.77. The molecular formula is C23H24N2O6. The fourth-order valence-corrected chi connectivity index (χ4v) is 4.10. The van der Waals surface area contributed by atoms with Gasteiger partial charge in [-0.05, 0) is 42.7 Å². The van der Waals surface area contributed by atoms with Crippen molar-refractivity contribution in [3.05, 3.63) is 59.4 Å². The summed E-state index contributed by atoms with van der Waals surface area (Å²) in [6, 6.07) is 7.58. The number of carbonyl (C=O) groups is 2. The lowest BCUT2D eigenvalue weighted by Crippen LogP contribution is -2.36. The number of aliphatic hydroxyl groups is 1. The Hall–Kier alpha value is -3.39. The molecule has 31 heavy (non-hydrogen) atoms. The van der Waals surface area contributed by atoms with Crippen molar-refractivity contribution in [3.63, 3.8) is 0 Å². The topological polar surface area (TPSA) is 98.2 Å². The molecule has 0 spiro atoms. The third-order valence-electron chi connectivity index (χ3n) is 5.62. The second-order valence-corrected chi connectivity index (χ2v) is 7.44. The van der Waals surface area contributed by atoms with Gasteiger partial charge in [0.15, 0.2) is 11.5 Å². The summed E-state index contributed by atoms with van der Waals surface area (Å²) in [6.45, 7) is 0.907. The largest absolute Gasteiger partial charge is 0.507 e. The molecule has 0 radical (unpaired) electrons. The fraction of sp³-hybridized carbons (Fsp3) is 0.348. The third-order valence-corrected chi connectivity index (χ3v) is 5.62. The zero-order valence-electron chi connectivity index (χ0n) is 17.4. The van der Waals surface area contributed by atoms with Crippen molar-refractivity contribution in [1.82, 2.24) is 9.88 Å². The smallest absolute Gasteiger partial charge is 0.295 e. The van der Waals surface area contributed by atoms with E-state index < -0.39 is 17.7 Å². The van der Waals surface area contributed by atoms with Gasteiger partial charge in [-0.3, -0.25) is 14.6 Å². The molecule has 0 bridgehead atoms. The Bertz CT molecular complexity index is 1010. The minimum absolute atomic E-state index is 0.0169. The molecule has 8 nitrogen and oxygen atoms in total. The summed E-state index contributed by atoms with van der Waals surface area (Å²) in [5, 5.41) is 11.1. The average molecular weight is 424 g/mol. The standard InChI is InChI=1S/C23H24N2O6/c1-29-17-8-7-14(11-18(17)30-2)21(26)19-20(15-5-3-9-24-12-15)25(23(28)22(19)27)13-16-6-4-10-31-16/h3,5,7-9,11-12,16,20,26H,4,6,10,13H2,1-2H3/b21-19-. The molecule has 0 saturated carbocycles. The SMILES string of the molecule is COc1ccc(/C(O)=C2/C(=O)C(=O)N(CC3CCCO3)C2c2cccnc2)cc1OC. The maximum atomic E-state index is 13.0. The predicted octanol–water partition coefficient (Wildman–Crippen LogP) is 2.70. The first-order valence-corrected chi connectivity index (χ1v) is 10.1. The van der Waals surface area contributed by atoms with Crippen LogP contribution >= 0.6 is 0 Å². The molecule has 8 heteroatoms. The average Bonchev–Trinajstić information content (AvgIpc) is 3.41. The molecule has 4 rings (SSSR count). The maximum absolute atomic E-state index is 13.0. The van der Waals surface area contributed by atoms with Crippen molar-refractivity contribution in [2.75, 3.05) is 27.4 Å². The van der Waals surface area contributed by atoms with E-state index >= 15 is 0 Å². The zero-order chi connectivity index (χ0) is 22.0. The number of Topliss-reactive ketones (excluding diaryl/α,β-unsaturated/α-hetero) is 1. The Morgan fingerprint density at radius 3 is 2.68 bits per heavy atom. The van der Waals surface area contributed by atoms with E-state index in [1.54, 1.807) is 42.7 Å². The number of aromatic nitrogens is 1. The van der Waals surface area contributed by atoms with E-state index in [0.29, 0.717) is 29.2 Å². The molecular weight excluding hydrogens is 400 g/mol. The number of carbonyl (C=O) groups excluding carboxylic acids is 2. The van der Waals surface area contributed by atoms with Crippen LogP contribution < -0.4 is 9.47 Å². The summed E-state index contributed by atoms with van der Waals surface area (Å²) in [7, 11) is 2.99. The maximum Gasteiger partial charge on any atom is 0.295 e. The monoisotopic (exact) mass is 424 g/mol. The molecule has 1 N–H and O–H groups in total. The van der Waals surface area contributed by atoms with Crippen molar-refractivity contribution in [3.8, 4) is 11.5 Å². The normalized spacial score (nSPS) is 22.7. The molecule has 2 saturated heterocycles. The van der Waals surface area contributed by atoms with Crippen molar-refractivity contribution < 1.29 is 28.9 Å². The number of methoxy groups -OCH3 is 2. The molecule has 3 heterocycles. The number of rotatable bonds is 6. The van der Waals surface area contributed by atoms with Crippen LogP contribution in [0.25, 0.3) is 5.76 Å². The van der Waals surface area contributed by atoms with Gasteiger partial charge in [0.1, 0.15) is 5.76 Å². The van der Waals surface area contributed by atoms with E-state index in [1.165, 1.54) is 19.1 Å². The van der Waals surface area contributed by atoms with E-state index in [2.05, 4.69) is 4.98 Å². The quantitative estimate of drug-likeness (QED) is 0.432. The van der Waals surface area contributed by atoms with Crippen molar-refractivity contribution in [2.45, 2.75) is 25.0 Å². The number of aliphatic hydroxyl groups excluding tert-OH is 1. The molecule has 1 amide bonds. The highest BCUT2D eigenvalue weighted by Gasteiger charge is 2.47. The number of pyridine rings is 1. The summed E-state index contributed by atoms with van der Waals surface area (Å²) in [6.07, 6.45) is 4.81. The van der Waals surface area contributed by atoms with Crippen LogP contribution in [0.15, 0.2) is 48.3 Å². The molecule has 0 aliphatic carbocycles. The lowest BCUT2D eigenvalue weighted by Gasteiger charge is -2.27. The van der Waals surface area contributed by atoms with Gasteiger partial charge < -0.3 is 24.2 Å². The number of hydrogen-bond donors (Lipinski definition) is 1. The molecule has 2 fully saturated rings. The minimum Gasteiger partial charge on any atom is -0.507 e. The summed E-state index contributed by atoms with van der Waals surface area (Å²) in [4.78, 5) is 31.6. The van der Waals surface area contributed by atoms with Gasteiger partial charge in [0, 0.05) is 31.1 Å². The number of nitrogens with zero attached hydrogens (tertiary/aromatic N) is 2. The Balaban J connectivity index is 1.82. The highest BCUT2D eigenvalue weighted by molar-refractivity contribution is 6.46. The van der Waals surface area contributed by atoms with Crippen LogP contribution in [-0.2, 0) is 14.3 Å². The van der Waals surface area contributed by atoms with Gasteiger partial charge in [0.25, 0.3) is 11.7 Å². The van der Waals surface area contributed by atoms with Crippen LogP contribution in [0.4, 0.5) is 0 Å². The van der Waals surface area contributed by atoms with Gasteiger partial charge >= 0.3 is 0 Å². The highest BCUT2D eigenvalue weighted by atomic mass is 16.5. The Kier molecular flexibility index (Phi) is 5.90. The van der Waals surface area contributed by atoms with Crippen LogP contribution in [-0.4, -0.2) is 60.2 Å². The lowest BCUT2D eigenvalue weighted by molar-refractivity contribution is -0.140. The molecule has 1 aromatic carbocycles. The summed E-state index contributed by atoms with van der Waals surface area (Å²) in [5.41, 5.74) is 1.01. The Morgan fingerprint density at radius 2 is 2.03 bits per heavy atom. The number of benzene rings is 1. The lowest BCUT2D eigenvalue weighted by atomic mass is 9.96. The summed E-state index contributed by atoms with van der Waals surface area (Å²) in [5.74, 6) is -0.784. The molecule has 162 valence electrons. The summed E-state index contributed by atoms with van der Waals surface area (Å²) >= 11 is 0. The van der Waals surface area contributed by atoms with Gasteiger partial charge in [-0.2, -0.15) is 0 Å². The van der Waals surface area contributed by atoms with E-state index in [-0.39, 0.29) is 24.0 Å². The van der Waals surface area contributed by atoms with Gasteiger partial charge in [-0.25, -0.2) is 0 Å². The third kappa shape index (κ3) is 3.86. The van der Waals surface area contributed by atoms with Gasteiger partial charge in [0.05, 0.1) is 31.9 Å². The zero-order valence-corrected chi connectivity index (χ0v) is 17.4. The number of hydrogen-bond acceptors (Lipinski definition) is 7. The van der Waals surface area contributed by atoms with E-state index in [9.17, 15) is 14.7 Å². The van der Waals surface area contributed by atoms with Crippen LogP contribution in [0.1, 0.15) is 30.0 Å². The molecule has 2 atom stereocenters. The number of ketones is 1. The van der Waals surface area contributed by atoms with Gasteiger partial charge in [-0.15, -0.1) is 0 Å². The van der Waals surface area contributed by atoms with E-state index in [1.807, 2.05) is 0 Å². The Labute approximate surface area is 180 Å². The molecule has 2 aliphatic rings. The predicted molar refractivity (Wildman–Crippen MR) is 112 cm³/mol. The van der Waals surface area contributed by atoms with Gasteiger partial charge in [-0.1, -0.05) is 6.07 Å².